The first kappa shape index (κ1) is 21.6. The Morgan fingerprint density at radius 3 is 2.69 bits per heavy atom. The number of benzene rings is 1. The molecule has 2 aromatic rings. The van der Waals surface area contributed by atoms with Crippen molar-refractivity contribution in [2.24, 2.45) is 24.3 Å². The molecule has 9 nitrogen and oxygen atoms in total. The summed E-state index contributed by atoms with van der Waals surface area (Å²) in [6.45, 7) is 3.67. The maximum atomic E-state index is 13.6. The van der Waals surface area contributed by atoms with Crippen LogP contribution in [-0.4, -0.2) is 30.6 Å². The highest BCUT2D eigenvalue weighted by atomic mass is 16.5. The van der Waals surface area contributed by atoms with E-state index in [0.29, 0.717) is 17.7 Å². The first-order valence-electron chi connectivity index (χ1n) is 11.7. The number of aromatic hydroxyl groups is 1. The Labute approximate surface area is 200 Å². The van der Waals surface area contributed by atoms with E-state index in [2.05, 4.69) is 0 Å². The molecule has 0 unspecified atom stereocenters. The summed E-state index contributed by atoms with van der Waals surface area (Å²) in [7, 11) is 1.44. The van der Waals surface area contributed by atoms with Gasteiger partial charge in [-0.05, 0) is 54.3 Å². The van der Waals surface area contributed by atoms with Gasteiger partial charge in [-0.3, -0.25) is 9.59 Å². The summed E-state index contributed by atoms with van der Waals surface area (Å²) in [5, 5.41) is 10.0. The van der Waals surface area contributed by atoms with E-state index in [9.17, 15) is 24.3 Å². The SMILES string of the molecule is CC1=CC(=O)[C@@]2(C)[C@@H](C3=COc4ccc(O)cc4C3)C3=CCn4c(=O)n(C)c(=O)n4[C@@H]3C[C@H]2C1=O. The second-order valence-electron chi connectivity index (χ2n) is 10.1. The zero-order valence-corrected chi connectivity index (χ0v) is 19.6. The standard InChI is InChI=1S/C26H25N3O6/c1-13-8-21(31)26(2)18(23(13)32)11-19-17(6-7-28-24(33)27(3)25(34)29(19)28)22(26)15-9-14-10-16(30)4-5-20(14)35-12-15/h4-6,8,10,12,18-19,22,30H,7,9,11H2,1-3H3/t18-,19+,22-,26-/m0/s1. The van der Waals surface area contributed by atoms with Crippen molar-refractivity contribution in [1.29, 1.82) is 0 Å². The molecule has 4 atom stereocenters. The van der Waals surface area contributed by atoms with Crippen molar-refractivity contribution < 1.29 is 19.4 Å². The fourth-order valence-electron chi connectivity index (χ4n) is 6.48. The molecule has 35 heavy (non-hydrogen) atoms. The number of rotatable bonds is 1. The van der Waals surface area contributed by atoms with Gasteiger partial charge in [0.1, 0.15) is 11.5 Å². The number of aromatic nitrogens is 3. The Balaban J connectivity index is 1.56. The minimum atomic E-state index is -1.07. The molecule has 1 aromatic carbocycles. The number of phenols is 1. The maximum absolute atomic E-state index is 13.6. The van der Waals surface area contributed by atoms with Crippen LogP contribution in [-0.2, 0) is 29.6 Å². The fourth-order valence-corrected chi connectivity index (χ4v) is 6.48. The van der Waals surface area contributed by atoms with Crippen LogP contribution in [0.5, 0.6) is 11.5 Å². The Kier molecular flexibility index (Phi) is 4.37. The Morgan fingerprint density at radius 1 is 1.14 bits per heavy atom. The Hall–Kier alpha value is -3.88. The number of hydrogen-bond donors (Lipinski definition) is 1. The molecule has 1 saturated carbocycles. The molecule has 0 bridgehead atoms. The Morgan fingerprint density at radius 2 is 1.91 bits per heavy atom. The van der Waals surface area contributed by atoms with Crippen molar-refractivity contribution in [3.8, 4) is 11.5 Å². The number of hydrogen-bond acceptors (Lipinski definition) is 6. The second kappa shape index (κ2) is 7.07. The Bertz CT molecular complexity index is 1550. The van der Waals surface area contributed by atoms with Crippen molar-refractivity contribution in [1.82, 2.24) is 13.9 Å². The first-order valence-corrected chi connectivity index (χ1v) is 11.7. The lowest BCUT2D eigenvalue weighted by Gasteiger charge is -2.52. The molecule has 6 rings (SSSR count). The van der Waals surface area contributed by atoms with Gasteiger partial charge in [0, 0.05) is 30.9 Å². The van der Waals surface area contributed by atoms with Gasteiger partial charge in [0.25, 0.3) is 0 Å². The highest BCUT2D eigenvalue weighted by Gasteiger charge is 2.59. The predicted molar refractivity (Wildman–Crippen MR) is 125 cm³/mol. The van der Waals surface area contributed by atoms with Crippen LogP contribution >= 0.6 is 0 Å². The van der Waals surface area contributed by atoms with Gasteiger partial charge < -0.3 is 9.84 Å². The van der Waals surface area contributed by atoms with Crippen LogP contribution < -0.4 is 16.1 Å². The van der Waals surface area contributed by atoms with Crippen LogP contribution in [0.3, 0.4) is 0 Å². The molecule has 1 N–H and O–H groups in total. The first-order chi connectivity index (χ1) is 16.6. The zero-order valence-electron chi connectivity index (χ0n) is 19.6. The molecule has 0 amide bonds. The van der Waals surface area contributed by atoms with E-state index in [0.717, 1.165) is 21.3 Å². The highest BCUT2D eigenvalue weighted by Crippen LogP contribution is 2.58. The normalized spacial score (nSPS) is 29.1. The average Bonchev–Trinajstić information content (AvgIpc) is 3.05. The third kappa shape index (κ3) is 2.75. The lowest BCUT2D eigenvalue weighted by Crippen LogP contribution is -2.56. The molecule has 2 aliphatic heterocycles. The second-order valence-corrected chi connectivity index (χ2v) is 10.1. The number of carbonyl (C=O) groups is 2. The molecule has 0 saturated heterocycles. The van der Waals surface area contributed by atoms with Gasteiger partial charge in [-0.15, -0.1) is 0 Å². The predicted octanol–water partition coefficient (Wildman–Crippen LogP) is 1.79. The summed E-state index contributed by atoms with van der Waals surface area (Å²) in [6, 6.07) is 4.33. The van der Waals surface area contributed by atoms with Gasteiger partial charge in [0.05, 0.1) is 24.3 Å². The lowest BCUT2D eigenvalue weighted by molar-refractivity contribution is -0.141. The van der Waals surface area contributed by atoms with Gasteiger partial charge >= 0.3 is 11.4 Å². The number of phenolic OH excluding ortho intramolecular Hbond substituents is 1. The number of ether oxygens (including phenoxy) is 1. The van der Waals surface area contributed by atoms with Crippen molar-refractivity contribution >= 4 is 11.6 Å². The van der Waals surface area contributed by atoms with Crippen molar-refractivity contribution in [2.45, 2.75) is 39.3 Å². The van der Waals surface area contributed by atoms with Crippen molar-refractivity contribution in [3.05, 3.63) is 79.9 Å². The number of allylic oxidation sites excluding steroid dienone is 5. The van der Waals surface area contributed by atoms with Gasteiger partial charge in [-0.25, -0.2) is 23.5 Å². The van der Waals surface area contributed by atoms with Crippen LogP contribution in [0.15, 0.2) is 62.9 Å². The summed E-state index contributed by atoms with van der Waals surface area (Å²) in [5.74, 6) is -0.692. The maximum Gasteiger partial charge on any atom is 0.347 e. The van der Waals surface area contributed by atoms with Gasteiger partial charge in [-0.1, -0.05) is 13.0 Å². The van der Waals surface area contributed by atoms with E-state index in [1.165, 1.54) is 22.5 Å². The van der Waals surface area contributed by atoms with E-state index in [1.807, 2.05) is 13.0 Å². The smallest absolute Gasteiger partial charge is 0.347 e. The third-order valence-corrected chi connectivity index (χ3v) is 8.28. The minimum Gasteiger partial charge on any atom is -0.508 e. The van der Waals surface area contributed by atoms with E-state index in [4.69, 9.17) is 4.74 Å². The summed E-state index contributed by atoms with van der Waals surface area (Å²) in [5.41, 5.74) is 0.881. The van der Waals surface area contributed by atoms with Gasteiger partial charge in [0.2, 0.25) is 0 Å². The number of Topliss-reactive ketones (excluding diaryl/α,β-unsaturated/α-hetero) is 1. The molecular formula is C26H25N3O6. The number of carbonyl (C=O) groups excluding carboxylic acids is 2. The topological polar surface area (TPSA) is 113 Å². The largest absolute Gasteiger partial charge is 0.508 e. The highest BCUT2D eigenvalue weighted by molar-refractivity contribution is 6.12. The summed E-state index contributed by atoms with van der Waals surface area (Å²) >= 11 is 0. The molecule has 1 fully saturated rings. The lowest BCUT2D eigenvalue weighted by atomic mass is 9.50. The van der Waals surface area contributed by atoms with Gasteiger partial charge in [0.15, 0.2) is 11.6 Å². The van der Waals surface area contributed by atoms with Crippen LogP contribution in [0.25, 0.3) is 0 Å². The van der Waals surface area contributed by atoms with E-state index in [-0.39, 0.29) is 30.3 Å². The van der Waals surface area contributed by atoms with Crippen LogP contribution in [0.2, 0.25) is 0 Å². The molecule has 3 heterocycles. The molecule has 1 aromatic heterocycles. The number of ketones is 2. The monoisotopic (exact) mass is 475 g/mol. The molecule has 4 aliphatic rings. The minimum absolute atomic E-state index is 0.110. The number of nitrogens with zero attached hydrogens (tertiary/aromatic N) is 3. The van der Waals surface area contributed by atoms with Gasteiger partial charge in [-0.2, -0.15) is 0 Å². The molecule has 0 radical (unpaired) electrons. The summed E-state index contributed by atoms with van der Waals surface area (Å²) in [6.07, 6.45) is 5.66. The third-order valence-electron chi connectivity index (χ3n) is 8.28. The molecule has 180 valence electrons. The molecule has 9 heteroatoms. The summed E-state index contributed by atoms with van der Waals surface area (Å²) in [4.78, 5) is 52.8. The van der Waals surface area contributed by atoms with E-state index >= 15 is 0 Å². The van der Waals surface area contributed by atoms with Crippen LogP contribution in [0.1, 0.15) is 31.9 Å². The quantitative estimate of drug-likeness (QED) is 0.630. The van der Waals surface area contributed by atoms with Crippen LogP contribution in [0.4, 0.5) is 0 Å². The fraction of sp³-hybridized carbons (Fsp3) is 0.385. The molecular weight excluding hydrogens is 450 g/mol. The van der Waals surface area contributed by atoms with Crippen LogP contribution in [0, 0.1) is 17.3 Å². The van der Waals surface area contributed by atoms with Crippen molar-refractivity contribution in [2.75, 3.05) is 0 Å². The molecule has 0 spiro atoms. The molecule has 2 aliphatic carbocycles. The van der Waals surface area contributed by atoms with E-state index in [1.54, 1.807) is 31.4 Å². The summed E-state index contributed by atoms with van der Waals surface area (Å²) < 4.78 is 9.82. The zero-order chi connectivity index (χ0) is 24.8. The number of fused-ring (bicyclic) bond motifs is 5. The average molecular weight is 476 g/mol. The van der Waals surface area contributed by atoms with Crippen molar-refractivity contribution in [3.63, 3.8) is 0 Å². The van der Waals surface area contributed by atoms with E-state index < -0.39 is 34.7 Å².